The maximum atomic E-state index is 8.67. The van der Waals surface area contributed by atoms with Gasteiger partial charge in [-0.05, 0) is 12.1 Å². The highest BCUT2D eigenvalue weighted by Gasteiger charge is 2.04. The van der Waals surface area contributed by atoms with E-state index in [9.17, 15) is 0 Å². The maximum Gasteiger partial charge on any atom is 0.152 e. The van der Waals surface area contributed by atoms with Crippen LogP contribution in [-0.2, 0) is 0 Å². The van der Waals surface area contributed by atoms with Gasteiger partial charge >= 0.3 is 0 Å². The summed E-state index contributed by atoms with van der Waals surface area (Å²) in [5.41, 5.74) is 1.43. The molecule has 2 rings (SSSR count). The number of hydrogen-bond acceptors (Lipinski definition) is 4. The first-order valence-corrected chi connectivity index (χ1v) is 5.21. The van der Waals surface area contributed by atoms with Crippen LogP contribution in [0.15, 0.2) is 29.6 Å². The van der Waals surface area contributed by atoms with E-state index in [-0.39, 0.29) is 0 Å². The van der Waals surface area contributed by atoms with Crippen LogP contribution in [0.2, 0.25) is 0 Å². The van der Waals surface area contributed by atoms with Crippen molar-refractivity contribution in [1.82, 2.24) is 4.98 Å². The van der Waals surface area contributed by atoms with Gasteiger partial charge in [-0.1, -0.05) is 12.1 Å². The average Bonchev–Trinajstić information content (AvgIpc) is 2.78. The highest BCUT2D eigenvalue weighted by Crippen LogP contribution is 2.26. The summed E-state index contributed by atoms with van der Waals surface area (Å²) in [5, 5.41) is 11.3. The number of hydrogen-bond donors (Lipinski definition) is 0. The summed E-state index contributed by atoms with van der Waals surface area (Å²) >= 11 is 1.46. The molecule has 0 N–H and O–H groups in total. The predicted octanol–water partition coefficient (Wildman–Crippen LogP) is 2.69. The van der Waals surface area contributed by atoms with E-state index >= 15 is 0 Å². The van der Waals surface area contributed by atoms with Gasteiger partial charge in [0.1, 0.15) is 16.8 Å². The first-order valence-electron chi connectivity index (χ1n) is 4.33. The van der Waals surface area contributed by atoms with Crippen molar-refractivity contribution in [3.05, 3.63) is 35.3 Å². The van der Waals surface area contributed by atoms with Gasteiger partial charge in [0.05, 0.1) is 7.11 Å². The standard InChI is InChI=1S/C11H8N2OS/c1-14-10-4-2-3-8(5-10)11-13-9(6-12)7-15-11/h2-5,7H,1H3. The van der Waals surface area contributed by atoms with E-state index in [1.54, 1.807) is 12.5 Å². The molecule has 1 aromatic carbocycles. The Balaban J connectivity index is 2.41. The smallest absolute Gasteiger partial charge is 0.152 e. The van der Waals surface area contributed by atoms with Gasteiger partial charge in [0.15, 0.2) is 5.69 Å². The summed E-state index contributed by atoms with van der Waals surface area (Å²) in [7, 11) is 1.63. The van der Waals surface area contributed by atoms with Crippen LogP contribution in [0.25, 0.3) is 10.6 Å². The van der Waals surface area contributed by atoms with Gasteiger partial charge in [0, 0.05) is 10.9 Å². The first-order chi connectivity index (χ1) is 7.33. The van der Waals surface area contributed by atoms with E-state index < -0.39 is 0 Å². The quantitative estimate of drug-likeness (QED) is 0.775. The van der Waals surface area contributed by atoms with Gasteiger partial charge in [-0.15, -0.1) is 11.3 Å². The van der Waals surface area contributed by atoms with Gasteiger partial charge in [0.2, 0.25) is 0 Å². The number of thiazole rings is 1. The van der Waals surface area contributed by atoms with E-state index in [1.807, 2.05) is 30.3 Å². The molecule has 1 aromatic heterocycles. The van der Waals surface area contributed by atoms with Crippen LogP contribution < -0.4 is 4.74 Å². The second-order valence-corrected chi connectivity index (χ2v) is 3.74. The number of aromatic nitrogens is 1. The molecule has 0 fully saturated rings. The Morgan fingerprint density at radius 3 is 3.00 bits per heavy atom. The monoisotopic (exact) mass is 216 g/mol. The molecular formula is C11H8N2OS. The Morgan fingerprint density at radius 1 is 1.47 bits per heavy atom. The fourth-order valence-corrected chi connectivity index (χ4v) is 1.96. The van der Waals surface area contributed by atoms with Crippen molar-refractivity contribution in [2.75, 3.05) is 7.11 Å². The van der Waals surface area contributed by atoms with Crippen molar-refractivity contribution in [2.45, 2.75) is 0 Å². The third kappa shape index (κ3) is 1.97. The summed E-state index contributed by atoms with van der Waals surface area (Å²) in [6.07, 6.45) is 0. The fraction of sp³-hybridized carbons (Fsp3) is 0.0909. The molecular weight excluding hydrogens is 208 g/mol. The zero-order valence-corrected chi connectivity index (χ0v) is 8.91. The predicted molar refractivity (Wildman–Crippen MR) is 58.8 cm³/mol. The van der Waals surface area contributed by atoms with Gasteiger partial charge < -0.3 is 4.74 Å². The lowest BCUT2D eigenvalue weighted by Crippen LogP contribution is -1.83. The van der Waals surface area contributed by atoms with E-state index in [0.29, 0.717) is 5.69 Å². The highest BCUT2D eigenvalue weighted by molar-refractivity contribution is 7.13. The van der Waals surface area contributed by atoms with Crippen LogP contribution in [0.3, 0.4) is 0 Å². The lowest BCUT2D eigenvalue weighted by atomic mass is 10.2. The number of nitriles is 1. The molecule has 0 bridgehead atoms. The van der Waals surface area contributed by atoms with Crippen molar-refractivity contribution in [2.24, 2.45) is 0 Å². The lowest BCUT2D eigenvalue weighted by molar-refractivity contribution is 0.415. The lowest BCUT2D eigenvalue weighted by Gasteiger charge is -2.00. The first kappa shape index (κ1) is 9.69. The molecule has 3 nitrogen and oxygen atoms in total. The molecule has 0 unspecified atom stereocenters. The molecule has 0 amide bonds. The van der Waals surface area contributed by atoms with Crippen LogP contribution >= 0.6 is 11.3 Å². The summed E-state index contributed by atoms with van der Waals surface area (Å²) in [5.74, 6) is 0.793. The van der Waals surface area contributed by atoms with Crippen LogP contribution in [0.1, 0.15) is 5.69 Å². The van der Waals surface area contributed by atoms with E-state index in [0.717, 1.165) is 16.3 Å². The summed E-state index contributed by atoms with van der Waals surface area (Å²) < 4.78 is 5.12. The Hall–Kier alpha value is -1.86. The molecule has 15 heavy (non-hydrogen) atoms. The molecule has 0 radical (unpaired) electrons. The number of ether oxygens (including phenoxy) is 1. The van der Waals surface area contributed by atoms with Gasteiger partial charge in [0.25, 0.3) is 0 Å². The summed E-state index contributed by atoms with van der Waals surface area (Å²) in [6.45, 7) is 0. The fourth-order valence-electron chi connectivity index (χ4n) is 1.21. The van der Waals surface area contributed by atoms with E-state index in [4.69, 9.17) is 10.00 Å². The molecule has 4 heteroatoms. The average molecular weight is 216 g/mol. The van der Waals surface area contributed by atoms with E-state index in [1.165, 1.54) is 11.3 Å². The van der Waals surface area contributed by atoms with Crippen LogP contribution in [-0.4, -0.2) is 12.1 Å². The van der Waals surface area contributed by atoms with Crippen molar-refractivity contribution in [3.8, 4) is 22.4 Å². The summed E-state index contributed by atoms with van der Waals surface area (Å²) in [4.78, 5) is 4.18. The molecule has 0 saturated carbocycles. The minimum Gasteiger partial charge on any atom is -0.497 e. The zero-order chi connectivity index (χ0) is 10.7. The van der Waals surface area contributed by atoms with Crippen molar-refractivity contribution in [1.29, 1.82) is 5.26 Å². The third-order valence-corrected chi connectivity index (χ3v) is 2.83. The molecule has 2 aromatic rings. The van der Waals surface area contributed by atoms with Crippen molar-refractivity contribution < 1.29 is 4.74 Å². The Morgan fingerprint density at radius 2 is 2.33 bits per heavy atom. The molecule has 0 atom stereocenters. The molecule has 0 aliphatic rings. The molecule has 74 valence electrons. The Kier molecular flexibility index (Phi) is 2.66. The van der Waals surface area contributed by atoms with Crippen LogP contribution in [0, 0.1) is 11.3 Å². The molecule has 0 saturated heterocycles. The van der Waals surface area contributed by atoms with Gasteiger partial charge in [-0.25, -0.2) is 4.98 Å². The summed E-state index contributed by atoms with van der Waals surface area (Å²) in [6, 6.07) is 9.65. The second-order valence-electron chi connectivity index (χ2n) is 2.88. The number of rotatable bonds is 2. The minimum atomic E-state index is 0.456. The Bertz CT molecular complexity index is 513. The van der Waals surface area contributed by atoms with Crippen molar-refractivity contribution >= 4 is 11.3 Å². The SMILES string of the molecule is COc1cccc(-c2nc(C#N)cs2)c1. The topological polar surface area (TPSA) is 45.9 Å². The Labute approximate surface area is 91.6 Å². The second kappa shape index (κ2) is 4.11. The molecule has 0 aliphatic carbocycles. The van der Waals surface area contributed by atoms with Crippen molar-refractivity contribution in [3.63, 3.8) is 0 Å². The van der Waals surface area contributed by atoms with E-state index in [2.05, 4.69) is 4.98 Å². The largest absolute Gasteiger partial charge is 0.497 e. The third-order valence-electron chi connectivity index (χ3n) is 1.94. The normalized spacial score (nSPS) is 9.60. The maximum absolute atomic E-state index is 8.67. The number of benzene rings is 1. The van der Waals surface area contributed by atoms with Crippen LogP contribution in [0.4, 0.5) is 0 Å². The number of methoxy groups -OCH3 is 1. The molecule has 0 spiro atoms. The minimum absolute atomic E-state index is 0.456. The molecule has 1 heterocycles. The van der Waals surface area contributed by atoms with Gasteiger partial charge in [-0.2, -0.15) is 5.26 Å². The van der Waals surface area contributed by atoms with Gasteiger partial charge in [-0.3, -0.25) is 0 Å². The van der Waals surface area contributed by atoms with Crippen LogP contribution in [0.5, 0.6) is 5.75 Å². The molecule has 0 aliphatic heterocycles. The zero-order valence-electron chi connectivity index (χ0n) is 8.10. The number of nitrogens with zero attached hydrogens (tertiary/aromatic N) is 2. The highest BCUT2D eigenvalue weighted by atomic mass is 32.1.